The predicted molar refractivity (Wildman–Crippen MR) is 69.7 cm³/mol. The fourth-order valence-corrected chi connectivity index (χ4v) is 2.49. The summed E-state index contributed by atoms with van der Waals surface area (Å²) in [4.78, 5) is 5.34. The lowest BCUT2D eigenvalue weighted by Crippen LogP contribution is -2.38. The Morgan fingerprint density at radius 1 is 1.31 bits per heavy atom. The third kappa shape index (κ3) is 3.80. The van der Waals surface area contributed by atoms with Gasteiger partial charge in [-0.25, -0.2) is 0 Å². The van der Waals surface area contributed by atoms with E-state index in [-0.39, 0.29) is 10.8 Å². The van der Waals surface area contributed by atoms with Gasteiger partial charge >= 0.3 is 0 Å². The van der Waals surface area contributed by atoms with Crippen molar-refractivity contribution in [3.05, 3.63) is 12.3 Å². The molecule has 3 N–H and O–H groups in total. The van der Waals surface area contributed by atoms with Gasteiger partial charge in [0.25, 0.3) is 0 Å². The summed E-state index contributed by atoms with van der Waals surface area (Å²) in [7, 11) is 1.75. The Labute approximate surface area is 100 Å². The second kappa shape index (κ2) is 5.69. The van der Waals surface area contributed by atoms with Crippen LogP contribution in [0, 0.1) is 16.7 Å². The molecule has 0 saturated heterocycles. The average molecular weight is 228 g/mol. The standard InChI is InChI=1S/C13H28N2O/c1-10(16-15-7)13(5,6)11(8-9-14)12(2,3)4/h11,15H,1,8-9,14H2,2-7H3. The lowest BCUT2D eigenvalue weighted by molar-refractivity contribution is 0.0156. The zero-order valence-electron chi connectivity index (χ0n) is 11.7. The maximum absolute atomic E-state index is 5.71. The highest BCUT2D eigenvalue weighted by molar-refractivity contribution is 5.04. The van der Waals surface area contributed by atoms with Crippen molar-refractivity contribution in [2.24, 2.45) is 22.5 Å². The van der Waals surface area contributed by atoms with Crippen LogP contribution in [0.5, 0.6) is 0 Å². The van der Waals surface area contributed by atoms with Crippen LogP contribution in [0.4, 0.5) is 0 Å². The van der Waals surface area contributed by atoms with Gasteiger partial charge in [-0.1, -0.05) is 41.2 Å². The summed E-state index contributed by atoms with van der Waals surface area (Å²) in [5, 5.41) is 0. The van der Waals surface area contributed by atoms with Gasteiger partial charge in [-0.2, -0.15) is 5.48 Å². The molecule has 0 amide bonds. The van der Waals surface area contributed by atoms with Crippen molar-refractivity contribution in [3.8, 4) is 0 Å². The second-order valence-corrected chi connectivity index (χ2v) is 5.95. The second-order valence-electron chi connectivity index (χ2n) is 5.95. The molecule has 0 aromatic heterocycles. The molecule has 16 heavy (non-hydrogen) atoms. The number of rotatable bonds is 6. The van der Waals surface area contributed by atoms with E-state index in [1.54, 1.807) is 7.05 Å². The fourth-order valence-electron chi connectivity index (χ4n) is 2.49. The topological polar surface area (TPSA) is 47.3 Å². The molecular weight excluding hydrogens is 200 g/mol. The molecule has 0 heterocycles. The average Bonchev–Trinajstić information content (AvgIpc) is 2.12. The number of hydroxylamine groups is 1. The molecule has 0 radical (unpaired) electrons. The molecule has 0 aromatic rings. The van der Waals surface area contributed by atoms with Crippen molar-refractivity contribution in [1.29, 1.82) is 0 Å². The van der Waals surface area contributed by atoms with E-state index in [0.29, 0.717) is 12.5 Å². The van der Waals surface area contributed by atoms with E-state index in [1.807, 2.05) is 0 Å². The Morgan fingerprint density at radius 2 is 1.81 bits per heavy atom. The molecule has 0 aliphatic rings. The van der Waals surface area contributed by atoms with Crippen LogP contribution in [-0.4, -0.2) is 13.6 Å². The van der Waals surface area contributed by atoms with Gasteiger partial charge in [-0.15, -0.1) is 0 Å². The highest BCUT2D eigenvalue weighted by Crippen LogP contribution is 2.46. The van der Waals surface area contributed by atoms with Crippen molar-refractivity contribution in [2.75, 3.05) is 13.6 Å². The Hall–Kier alpha value is -0.540. The molecule has 0 aliphatic carbocycles. The van der Waals surface area contributed by atoms with Crippen LogP contribution in [0.3, 0.4) is 0 Å². The molecule has 3 nitrogen and oxygen atoms in total. The van der Waals surface area contributed by atoms with Gasteiger partial charge in [0.2, 0.25) is 0 Å². The van der Waals surface area contributed by atoms with E-state index in [4.69, 9.17) is 10.6 Å². The summed E-state index contributed by atoms with van der Waals surface area (Å²) in [6.07, 6.45) is 0.975. The van der Waals surface area contributed by atoms with E-state index in [0.717, 1.165) is 12.2 Å². The van der Waals surface area contributed by atoms with E-state index >= 15 is 0 Å². The molecule has 1 unspecified atom stereocenters. The maximum atomic E-state index is 5.71. The smallest absolute Gasteiger partial charge is 0.122 e. The monoisotopic (exact) mass is 228 g/mol. The lowest BCUT2D eigenvalue weighted by atomic mass is 9.63. The Balaban J connectivity index is 4.96. The minimum Gasteiger partial charge on any atom is -0.414 e. The molecule has 0 rings (SSSR count). The van der Waals surface area contributed by atoms with Crippen molar-refractivity contribution in [3.63, 3.8) is 0 Å². The normalized spacial score (nSPS) is 14.7. The minimum atomic E-state index is -0.0966. The van der Waals surface area contributed by atoms with Crippen LogP contribution >= 0.6 is 0 Å². The first kappa shape index (κ1) is 15.5. The van der Waals surface area contributed by atoms with Gasteiger partial charge < -0.3 is 10.6 Å². The first-order valence-electron chi connectivity index (χ1n) is 5.91. The summed E-state index contributed by atoms with van der Waals surface area (Å²) in [5.74, 6) is 1.20. The highest BCUT2D eigenvalue weighted by Gasteiger charge is 2.40. The SMILES string of the molecule is C=C(ONC)C(C)(C)C(CCN)C(C)(C)C. The third-order valence-corrected chi connectivity index (χ3v) is 3.32. The Morgan fingerprint density at radius 3 is 2.12 bits per heavy atom. The van der Waals surface area contributed by atoms with Gasteiger partial charge in [0.15, 0.2) is 0 Å². The van der Waals surface area contributed by atoms with E-state index < -0.39 is 0 Å². The first-order valence-corrected chi connectivity index (χ1v) is 5.91. The zero-order chi connectivity index (χ0) is 13.0. The van der Waals surface area contributed by atoms with Gasteiger partial charge in [0.1, 0.15) is 5.76 Å². The number of nitrogens with two attached hydrogens (primary N) is 1. The Bertz CT molecular complexity index is 229. The molecule has 0 spiro atoms. The minimum absolute atomic E-state index is 0.0966. The maximum Gasteiger partial charge on any atom is 0.122 e. The van der Waals surface area contributed by atoms with Crippen LogP contribution in [0.2, 0.25) is 0 Å². The van der Waals surface area contributed by atoms with E-state index in [2.05, 4.69) is 46.7 Å². The van der Waals surface area contributed by atoms with Crippen molar-refractivity contribution < 1.29 is 4.84 Å². The molecule has 0 bridgehead atoms. The highest BCUT2D eigenvalue weighted by atomic mass is 16.6. The number of hydrogen-bond acceptors (Lipinski definition) is 3. The van der Waals surface area contributed by atoms with Crippen LogP contribution in [0.15, 0.2) is 12.3 Å². The van der Waals surface area contributed by atoms with Gasteiger partial charge in [0.05, 0.1) is 0 Å². The molecule has 0 fully saturated rings. The summed E-state index contributed by atoms with van der Waals surface area (Å²) in [5.41, 5.74) is 8.49. The summed E-state index contributed by atoms with van der Waals surface area (Å²) in [6, 6.07) is 0. The quantitative estimate of drug-likeness (QED) is 0.543. The zero-order valence-corrected chi connectivity index (χ0v) is 11.7. The number of nitrogens with one attached hydrogen (secondary N) is 1. The van der Waals surface area contributed by atoms with E-state index in [1.165, 1.54) is 0 Å². The van der Waals surface area contributed by atoms with Gasteiger partial charge in [-0.05, 0) is 24.3 Å². The van der Waals surface area contributed by atoms with Crippen molar-refractivity contribution in [2.45, 2.75) is 41.0 Å². The molecule has 3 heteroatoms. The van der Waals surface area contributed by atoms with Crippen molar-refractivity contribution >= 4 is 0 Å². The lowest BCUT2D eigenvalue weighted by Gasteiger charge is -2.43. The summed E-state index contributed by atoms with van der Waals surface area (Å²) < 4.78 is 0. The molecular formula is C13H28N2O. The van der Waals surface area contributed by atoms with Gasteiger partial charge in [0, 0.05) is 12.5 Å². The van der Waals surface area contributed by atoms with Crippen molar-refractivity contribution in [1.82, 2.24) is 5.48 Å². The van der Waals surface area contributed by atoms with E-state index in [9.17, 15) is 0 Å². The molecule has 96 valence electrons. The fraction of sp³-hybridized carbons (Fsp3) is 0.846. The molecule has 0 saturated carbocycles. The summed E-state index contributed by atoms with van der Waals surface area (Å²) in [6.45, 7) is 15.7. The van der Waals surface area contributed by atoms with Gasteiger partial charge in [-0.3, -0.25) is 0 Å². The molecule has 0 aliphatic heterocycles. The predicted octanol–water partition coefficient (Wildman–Crippen LogP) is 2.69. The Kier molecular flexibility index (Phi) is 5.50. The molecule has 1 atom stereocenters. The largest absolute Gasteiger partial charge is 0.414 e. The van der Waals surface area contributed by atoms with Crippen LogP contribution in [0.1, 0.15) is 41.0 Å². The van der Waals surface area contributed by atoms with Crippen LogP contribution < -0.4 is 11.2 Å². The number of allylic oxidation sites excluding steroid dienone is 1. The molecule has 0 aromatic carbocycles. The summed E-state index contributed by atoms with van der Waals surface area (Å²) >= 11 is 0. The number of hydrogen-bond donors (Lipinski definition) is 2. The first-order chi connectivity index (χ1) is 7.17. The third-order valence-electron chi connectivity index (χ3n) is 3.32. The van der Waals surface area contributed by atoms with Crippen LogP contribution in [0.25, 0.3) is 0 Å². The van der Waals surface area contributed by atoms with Crippen LogP contribution in [-0.2, 0) is 4.84 Å².